The second-order valence-electron chi connectivity index (χ2n) is 35.5. The molecule has 0 aromatic carbocycles. The second-order valence-corrected chi connectivity index (χ2v) is 36.9. The Kier molecular flexibility index (Phi) is 65.6. The van der Waals surface area contributed by atoms with Crippen LogP contribution in [0.25, 0.3) is 0 Å². The monoisotopic (exact) mass is 1720 g/mol. The number of aliphatic hydroxyl groups is 9. The average Bonchev–Trinajstić information content (AvgIpc) is 0.754. The number of hydrogen-bond donors (Lipinski definition) is 10. The SMILES string of the molecule is CCCCCCCCCCCCCCCCCC(=O)OCC(COP(=O)(O)OC1C(OC2OC(CO)C(O)C(O)C2O)C(O)C(O)C(OC(=O)CCCCCCCCCCCCCCC)C1OC1OC(COC(=O)CCCCCCCCC(C)CCCCCCCC)C(O)C(O)C1O)OC(=O)CCCCCCCCC(C)CCCCCCCC. The van der Waals surface area contributed by atoms with Crippen molar-refractivity contribution in [3.8, 4) is 0 Å². The summed E-state index contributed by atoms with van der Waals surface area (Å²) in [4.78, 5) is 66.6. The van der Waals surface area contributed by atoms with E-state index in [0.717, 1.165) is 128 Å². The number of aliphatic hydroxyl groups excluding tert-OH is 9. The fraction of sp³-hybridized carbons (Fsp3) is 0.957. The quantitative estimate of drug-likeness (QED) is 0.0117. The summed E-state index contributed by atoms with van der Waals surface area (Å²) in [6.07, 6.45) is 25.2. The molecule has 2 saturated heterocycles. The van der Waals surface area contributed by atoms with Crippen molar-refractivity contribution in [3.05, 3.63) is 0 Å². The third-order valence-electron chi connectivity index (χ3n) is 24.4. The number of hydrogen-bond acceptors (Lipinski definition) is 24. The maximum atomic E-state index is 14.9. The Morgan fingerprint density at radius 1 is 0.328 bits per heavy atom. The van der Waals surface area contributed by atoms with Crippen LogP contribution in [0.3, 0.4) is 0 Å². The van der Waals surface area contributed by atoms with Gasteiger partial charge >= 0.3 is 31.7 Å². The standard InChI is InChI=1S/C93H175O25P/c1-7-11-15-19-23-25-27-29-30-32-33-35-37-47-55-63-76(95)109-68-73(112-78(97)65-57-50-42-40-46-54-62-72(6)60-52-44-22-18-14-10-4)69-111-119(107,108)118-91-89(116-92-86(105)82(101)80(99)74(67-94)113-92)85(104)84(103)88(115-79(98)66-58-49-38-36-34-31-28-26-24-20-16-12-8-2)90(91)117-93-87(106)83(102)81(100)75(114-93)70-110-77(96)64-56-48-41-39-45-53-61-71(5)59-51-43-21-17-13-9-3/h71-75,80-94,99-106H,7-70H2,1-6H3,(H,107,108). The Morgan fingerprint density at radius 3 is 1.00 bits per heavy atom. The molecule has 0 aromatic heterocycles. The molecule has 3 fully saturated rings. The third-order valence-corrected chi connectivity index (χ3v) is 25.4. The lowest BCUT2D eigenvalue weighted by Crippen LogP contribution is -2.70. The molecule has 0 amide bonds. The number of phosphoric ester groups is 1. The van der Waals surface area contributed by atoms with Crippen molar-refractivity contribution < 1.29 is 122 Å². The van der Waals surface area contributed by atoms with Gasteiger partial charge in [-0.3, -0.25) is 28.2 Å². The molecule has 0 bridgehead atoms. The Hall–Kier alpha value is -2.53. The fourth-order valence-electron chi connectivity index (χ4n) is 16.5. The van der Waals surface area contributed by atoms with Crippen molar-refractivity contribution >= 4 is 31.7 Å². The molecular weight excluding hydrogens is 1550 g/mol. The number of carbonyl (C=O) groups excluding carboxylic acids is 4. The number of phosphoric acid groups is 1. The fourth-order valence-corrected chi connectivity index (χ4v) is 17.5. The lowest BCUT2D eigenvalue weighted by molar-refractivity contribution is -0.360. The molecule has 2 heterocycles. The van der Waals surface area contributed by atoms with Crippen molar-refractivity contribution in [1.82, 2.24) is 0 Å². The molecule has 10 N–H and O–H groups in total. The first kappa shape index (κ1) is 111. The highest BCUT2D eigenvalue weighted by molar-refractivity contribution is 7.47. The predicted octanol–water partition coefficient (Wildman–Crippen LogP) is 18.3. The highest BCUT2D eigenvalue weighted by atomic mass is 31.2. The molecule has 0 aromatic rings. The zero-order valence-electron chi connectivity index (χ0n) is 75.3. The number of carbonyl (C=O) groups is 4. The number of rotatable bonds is 78. The van der Waals surface area contributed by atoms with Crippen molar-refractivity contribution in [1.29, 1.82) is 0 Å². The van der Waals surface area contributed by atoms with Gasteiger partial charge in [0, 0.05) is 25.7 Å². The third kappa shape index (κ3) is 51.2. The van der Waals surface area contributed by atoms with Gasteiger partial charge in [0.05, 0.1) is 13.2 Å². The first-order chi connectivity index (χ1) is 57.5. The van der Waals surface area contributed by atoms with Gasteiger partial charge in [-0.25, -0.2) is 4.57 Å². The molecule has 20 unspecified atom stereocenters. The summed E-state index contributed by atoms with van der Waals surface area (Å²) in [5.41, 5.74) is 0. The number of esters is 4. The van der Waals surface area contributed by atoms with Crippen LogP contribution >= 0.6 is 7.82 Å². The molecule has 3 rings (SSSR count). The lowest BCUT2D eigenvalue weighted by Gasteiger charge is -2.50. The molecule has 20 atom stereocenters. The Balaban J connectivity index is 1.91. The van der Waals surface area contributed by atoms with Crippen LogP contribution in [0.4, 0.5) is 0 Å². The molecule has 2 aliphatic heterocycles. The molecule has 0 radical (unpaired) electrons. The van der Waals surface area contributed by atoms with E-state index in [1.807, 2.05) is 0 Å². The van der Waals surface area contributed by atoms with Crippen molar-refractivity contribution in [3.63, 3.8) is 0 Å². The normalized spacial score (nSPS) is 25.3. The van der Waals surface area contributed by atoms with E-state index in [-0.39, 0.29) is 25.7 Å². The van der Waals surface area contributed by atoms with E-state index in [4.69, 9.17) is 46.9 Å². The number of unbranched alkanes of at least 4 members (excludes halogenated alkanes) is 46. The van der Waals surface area contributed by atoms with Crippen molar-refractivity contribution in [2.45, 2.75) is 531 Å². The Bertz CT molecular complexity index is 2500. The largest absolute Gasteiger partial charge is 0.472 e. The summed E-state index contributed by atoms with van der Waals surface area (Å²) in [7, 11) is -5.81. The molecule has 1 saturated carbocycles. The highest BCUT2D eigenvalue weighted by Crippen LogP contribution is 2.49. The van der Waals surface area contributed by atoms with Crippen LogP contribution in [0.15, 0.2) is 0 Å². The first-order valence-corrected chi connectivity index (χ1v) is 50.0. The molecule has 3 aliphatic rings. The zero-order chi connectivity index (χ0) is 87.1. The van der Waals surface area contributed by atoms with Crippen LogP contribution in [0.2, 0.25) is 0 Å². The molecule has 26 heteroatoms. The van der Waals surface area contributed by atoms with E-state index < -0.39 is 162 Å². The van der Waals surface area contributed by atoms with Gasteiger partial charge in [0.25, 0.3) is 0 Å². The summed E-state index contributed by atoms with van der Waals surface area (Å²) in [5.74, 6) is -1.59. The van der Waals surface area contributed by atoms with Crippen LogP contribution in [0, 0.1) is 11.8 Å². The van der Waals surface area contributed by atoms with Gasteiger partial charge in [-0.2, -0.15) is 0 Å². The van der Waals surface area contributed by atoms with E-state index in [2.05, 4.69) is 41.5 Å². The van der Waals surface area contributed by atoms with E-state index in [9.17, 15) is 74.6 Å². The average molecular weight is 1720 g/mol. The van der Waals surface area contributed by atoms with E-state index in [1.165, 1.54) is 199 Å². The minimum atomic E-state index is -5.81. The van der Waals surface area contributed by atoms with Gasteiger partial charge in [0.15, 0.2) is 24.8 Å². The molecular formula is C93H175O25P. The molecule has 25 nitrogen and oxygen atoms in total. The number of ether oxygens (including phenoxy) is 8. The lowest BCUT2D eigenvalue weighted by atomic mass is 9.84. The van der Waals surface area contributed by atoms with Gasteiger partial charge in [0.1, 0.15) is 92.6 Å². The summed E-state index contributed by atoms with van der Waals surface area (Å²) < 4.78 is 73.6. The predicted molar refractivity (Wildman–Crippen MR) is 463 cm³/mol. The maximum Gasteiger partial charge on any atom is 0.472 e. The van der Waals surface area contributed by atoms with Crippen LogP contribution in [0.1, 0.15) is 427 Å². The minimum absolute atomic E-state index is 0.0169. The van der Waals surface area contributed by atoms with E-state index in [0.29, 0.717) is 43.9 Å². The van der Waals surface area contributed by atoms with Gasteiger partial charge < -0.3 is 88.7 Å². The van der Waals surface area contributed by atoms with Crippen molar-refractivity contribution in [2.75, 3.05) is 26.4 Å². The minimum Gasteiger partial charge on any atom is -0.463 e. The highest BCUT2D eigenvalue weighted by Gasteiger charge is 2.60. The van der Waals surface area contributed by atoms with Crippen LogP contribution < -0.4 is 0 Å². The van der Waals surface area contributed by atoms with E-state index >= 15 is 0 Å². The van der Waals surface area contributed by atoms with Crippen LogP contribution in [-0.4, -0.2) is 205 Å². The molecule has 0 spiro atoms. The van der Waals surface area contributed by atoms with Crippen LogP contribution in [-0.2, 0) is 70.7 Å². The van der Waals surface area contributed by atoms with E-state index in [1.54, 1.807) is 0 Å². The Labute approximate surface area is 719 Å². The first-order valence-electron chi connectivity index (χ1n) is 48.6. The summed E-state index contributed by atoms with van der Waals surface area (Å²) in [6.45, 7) is 10.3. The topological polar surface area (TPSA) is 380 Å². The second kappa shape index (κ2) is 70.5. The van der Waals surface area contributed by atoms with Crippen LogP contribution in [0.5, 0.6) is 0 Å². The zero-order valence-corrected chi connectivity index (χ0v) is 76.2. The molecule has 119 heavy (non-hydrogen) atoms. The molecule has 702 valence electrons. The smallest absolute Gasteiger partial charge is 0.463 e. The maximum absolute atomic E-state index is 14.9. The summed E-state index contributed by atoms with van der Waals surface area (Å²) >= 11 is 0. The Morgan fingerprint density at radius 2 is 0.630 bits per heavy atom. The summed E-state index contributed by atoms with van der Waals surface area (Å²) in [6, 6.07) is 0. The molecule has 1 aliphatic carbocycles. The van der Waals surface area contributed by atoms with Gasteiger partial charge in [-0.05, 0) is 37.5 Å². The summed E-state index contributed by atoms with van der Waals surface area (Å²) in [5, 5.41) is 102. The van der Waals surface area contributed by atoms with Gasteiger partial charge in [0.2, 0.25) is 0 Å². The van der Waals surface area contributed by atoms with Crippen molar-refractivity contribution in [2.24, 2.45) is 11.8 Å². The van der Waals surface area contributed by atoms with Gasteiger partial charge in [-0.1, -0.05) is 375 Å². The van der Waals surface area contributed by atoms with Gasteiger partial charge in [-0.15, -0.1) is 0 Å².